The van der Waals surface area contributed by atoms with Crippen LogP contribution in [-0.2, 0) is 11.3 Å². The van der Waals surface area contributed by atoms with Crippen molar-refractivity contribution < 1.29 is 4.79 Å². The molecule has 106 valence electrons. The van der Waals surface area contributed by atoms with Crippen LogP contribution in [0.3, 0.4) is 0 Å². The summed E-state index contributed by atoms with van der Waals surface area (Å²) in [7, 11) is 7.67. The highest BCUT2D eigenvalue weighted by molar-refractivity contribution is 5.85. The zero-order chi connectivity index (χ0) is 14.6. The maximum atomic E-state index is 12.2. The molecule has 0 unspecified atom stereocenters. The molecule has 0 saturated carbocycles. The van der Waals surface area contributed by atoms with Gasteiger partial charge >= 0.3 is 0 Å². The van der Waals surface area contributed by atoms with Crippen LogP contribution in [0.25, 0.3) is 0 Å². The summed E-state index contributed by atoms with van der Waals surface area (Å²) in [5, 5.41) is 3.03. The fourth-order valence-electron chi connectivity index (χ4n) is 1.83. The molecular weight excluding hydrogens is 238 g/mol. The Morgan fingerprint density at radius 3 is 2.11 bits per heavy atom. The van der Waals surface area contributed by atoms with Crippen molar-refractivity contribution in [3.8, 4) is 0 Å². The van der Waals surface area contributed by atoms with E-state index in [1.54, 1.807) is 11.9 Å². The largest absolute Gasteiger partial charge is 0.378 e. The number of nitrogens with zero attached hydrogens (tertiary/aromatic N) is 2. The molecule has 0 aromatic heterocycles. The Morgan fingerprint density at radius 2 is 1.68 bits per heavy atom. The number of likely N-dealkylation sites (N-methyl/N-ethyl adjacent to an activating group) is 2. The fourth-order valence-corrected chi connectivity index (χ4v) is 1.83. The zero-order valence-corrected chi connectivity index (χ0v) is 12.8. The van der Waals surface area contributed by atoms with Gasteiger partial charge in [-0.1, -0.05) is 12.1 Å². The van der Waals surface area contributed by atoms with Crippen molar-refractivity contribution in [3.63, 3.8) is 0 Å². The molecule has 0 saturated heterocycles. The molecule has 1 rings (SSSR count). The van der Waals surface area contributed by atoms with E-state index in [9.17, 15) is 4.79 Å². The van der Waals surface area contributed by atoms with Gasteiger partial charge in [0.05, 0.1) is 5.54 Å². The fraction of sp³-hybridized carbons (Fsp3) is 0.533. The number of rotatable bonds is 5. The smallest absolute Gasteiger partial charge is 0.242 e. The van der Waals surface area contributed by atoms with Crippen molar-refractivity contribution in [2.45, 2.75) is 25.9 Å². The first-order valence-electron chi connectivity index (χ1n) is 6.48. The lowest BCUT2D eigenvalue weighted by atomic mass is 10.0. The van der Waals surface area contributed by atoms with Crippen LogP contribution >= 0.6 is 0 Å². The summed E-state index contributed by atoms with van der Waals surface area (Å²) in [5.74, 6) is 0.0895. The molecule has 0 spiro atoms. The quantitative estimate of drug-likeness (QED) is 0.878. The Kier molecular flexibility index (Phi) is 4.95. The van der Waals surface area contributed by atoms with Crippen molar-refractivity contribution in [1.29, 1.82) is 0 Å². The second-order valence-corrected chi connectivity index (χ2v) is 5.60. The van der Waals surface area contributed by atoms with Gasteiger partial charge < -0.3 is 15.1 Å². The van der Waals surface area contributed by atoms with Gasteiger partial charge in [-0.3, -0.25) is 4.79 Å². The predicted molar refractivity (Wildman–Crippen MR) is 80.4 cm³/mol. The molecule has 0 radical (unpaired) electrons. The van der Waals surface area contributed by atoms with Crippen molar-refractivity contribution in [2.75, 3.05) is 33.1 Å². The number of carbonyl (C=O) groups is 1. The molecule has 0 atom stereocenters. The number of carbonyl (C=O) groups excluding carboxylic acids is 1. The van der Waals surface area contributed by atoms with Crippen LogP contribution in [0.1, 0.15) is 19.4 Å². The molecule has 0 aliphatic heterocycles. The zero-order valence-electron chi connectivity index (χ0n) is 12.8. The van der Waals surface area contributed by atoms with Crippen molar-refractivity contribution in [2.24, 2.45) is 0 Å². The van der Waals surface area contributed by atoms with E-state index in [1.165, 1.54) is 0 Å². The summed E-state index contributed by atoms with van der Waals surface area (Å²) < 4.78 is 0. The highest BCUT2D eigenvalue weighted by Crippen LogP contribution is 2.15. The van der Waals surface area contributed by atoms with Gasteiger partial charge in [-0.05, 0) is 38.6 Å². The van der Waals surface area contributed by atoms with Crippen LogP contribution in [0.4, 0.5) is 5.69 Å². The Labute approximate surface area is 116 Å². The average Bonchev–Trinajstić information content (AvgIpc) is 2.38. The number of hydrogen-bond acceptors (Lipinski definition) is 3. The van der Waals surface area contributed by atoms with Gasteiger partial charge in [-0.25, -0.2) is 0 Å². The van der Waals surface area contributed by atoms with Crippen LogP contribution in [-0.4, -0.2) is 44.5 Å². The molecule has 1 amide bonds. The van der Waals surface area contributed by atoms with Gasteiger partial charge in [0, 0.05) is 33.4 Å². The number of hydrogen-bond donors (Lipinski definition) is 1. The van der Waals surface area contributed by atoms with E-state index in [0.29, 0.717) is 6.54 Å². The van der Waals surface area contributed by atoms with E-state index in [-0.39, 0.29) is 5.91 Å². The van der Waals surface area contributed by atoms with Gasteiger partial charge in [0.1, 0.15) is 0 Å². The minimum Gasteiger partial charge on any atom is -0.378 e. The molecule has 4 heteroatoms. The van der Waals surface area contributed by atoms with E-state index in [1.807, 2.05) is 35.0 Å². The van der Waals surface area contributed by atoms with E-state index in [4.69, 9.17) is 0 Å². The van der Waals surface area contributed by atoms with Crippen LogP contribution in [0.2, 0.25) is 0 Å². The topological polar surface area (TPSA) is 35.6 Å². The number of anilines is 1. The Bertz CT molecular complexity index is 424. The summed E-state index contributed by atoms with van der Waals surface area (Å²) in [5.41, 5.74) is 1.76. The van der Waals surface area contributed by atoms with Crippen LogP contribution in [0.5, 0.6) is 0 Å². The molecular formula is C15H25N3O. The summed E-state index contributed by atoms with van der Waals surface area (Å²) in [6, 6.07) is 8.25. The minimum absolute atomic E-state index is 0.0895. The van der Waals surface area contributed by atoms with Crippen LogP contribution in [0.15, 0.2) is 24.3 Å². The van der Waals surface area contributed by atoms with Crippen LogP contribution in [0, 0.1) is 0 Å². The van der Waals surface area contributed by atoms with Crippen molar-refractivity contribution in [3.05, 3.63) is 29.8 Å². The molecule has 0 bridgehead atoms. The molecule has 0 heterocycles. The number of benzene rings is 1. The first kappa shape index (κ1) is 15.5. The normalized spacial score (nSPS) is 11.3. The Morgan fingerprint density at radius 1 is 1.16 bits per heavy atom. The highest BCUT2D eigenvalue weighted by Gasteiger charge is 2.28. The SMILES string of the molecule is CNC(C)(C)C(=O)N(C)Cc1ccc(N(C)C)cc1. The number of amides is 1. The molecule has 1 N–H and O–H groups in total. The molecule has 19 heavy (non-hydrogen) atoms. The van der Waals surface area contributed by atoms with Gasteiger partial charge in [0.25, 0.3) is 0 Å². The molecule has 0 fully saturated rings. The summed E-state index contributed by atoms with van der Waals surface area (Å²) in [6.45, 7) is 4.40. The third-order valence-electron chi connectivity index (χ3n) is 3.38. The van der Waals surface area contributed by atoms with E-state index < -0.39 is 5.54 Å². The molecule has 1 aromatic carbocycles. The first-order chi connectivity index (χ1) is 8.77. The molecule has 0 aliphatic carbocycles. The first-order valence-corrected chi connectivity index (χ1v) is 6.48. The van der Waals surface area contributed by atoms with Crippen molar-refractivity contribution >= 4 is 11.6 Å². The van der Waals surface area contributed by atoms with Crippen LogP contribution < -0.4 is 10.2 Å². The molecule has 1 aromatic rings. The van der Waals surface area contributed by atoms with Gasteiger partial charge in [0.2, 0.25) is 5.91 Å². The monoisotopic (exact) mass is 263 g/mol. The van der Waals surface area contributed by atoms with Gasteiger partial charge in [-0.15, -0.1) is 0 Å². The lowest BCUT2D eigenvalue weighted by molar-refractivity contribution is -0.136. The Balaban J connectivity index is 2.72. The van der Waals surface area contributed by atoms with E-state index >= 15 is 0 Å². The Hall–Kier alpha value is -1.55. The second kappa shape index (κ2) is 6.06. The lowest BCUT2D eigenvalue weighted by Crippen LogP contribution is -2.51. The van der Waals surface area contributed by atoms with Gasteiger partial charge in [-0.2, -0.15) is 0 Å². The summed E-state index contributed by atoms with van der Waals surface area (Å²) in [6.07, 6.45) is 0. The maximum absolute atomic E-state index is 12.2. The highest BCUT2D eigenvalue weighted by atomic mass is 16.2. The summed E-state index contributed by atoms with van der Waals surface area (Å²) in [4.78, 5) is 16.0. The van der Waals surface area contributed by atoms with E-state index in [2.05, 4.69) is 34.5 Å². The standard InChI is InChI=1S/C15H25N3O/c1-15(2,16-3)14(19)18(6)11-12-7-9-13(10-8-12)17(4)5/h7-10,16H,11H2,1-6H3. The van der Waals surface area contributed by atoms with E-state index in [0.717, 1.165) is 11.3 Å². The van der Waals surface area contributed by atoms with Gasteiger partial charge in [0.15, 0.2) is 0 Å². The average molecular weight is 263 g/mol. The van der Waals surface area contributed by atoms with Crippen molar-refractivity contribution in [1.82, 2.24) is 10.2 Å². The minimum atomic E-state index is -0.529. The molecule has 4 nitrogen and oxygen atoms in total. The lowest BCUT2D eigenvalue weighted by Gasteiger charge is -2.29. The summed E-state index contributed by atoms with van der Waals surface area (Å²) >= 11 is 0. The number of nitrogens with one attached hydrogen (secondary N) is 1. The second-order valence-electron chi connectivity index (χ2n) is 5.60. The third-order valence-corrected chi connectivity index (χ3v) is 3.38. The maximum Gasteiger partial charge on any atom is 0.242 e. The predicted octanol–water partition coefficient (Wildman–Crippen LogP) is 1.71. The third kappa shape index (κ3) is 3.96. The molecule has 0 aliphatic rings.